The van der Waals surface area contributed by atoms with Crippen molar-refractivity contribution in [3.8, 4) is 17.6 Å². The number of thioether (sulfide) groups is 1. The first-order valence-electron chi connectivity index (χ1n) is 8.87. The van der Waals surface area contributed by atoms with Crippen LogP contribution >= 0.6 is 11.8 Å². The second-order valence-electron chi connectivity index (χ2n) is 6.00. The van der Waals surface area contributed by atoms with E-state index in [1.54, 1.807) is 26.4 Å². The molecule has 2 rings (SSSR count). The topological polar surface area (TPSA) is 154 Å². The van der Waals surface area contributed by atoms with Crippen molar-refractivity contribution in [3.05, 3.63) is 23.9 Å². The Morgan fingerprint density at radius 3 is 2.57 bits per heavy atom. The highest BCUT2D eigenvalue weighted by atomic mass is 32.2. The number of amides is 1. The number of primary amides is 1. The molecule has 0 saturated heterocycles. The summed E-state index contributed by atoms with van der Waals surface area (Å²) in [5.74, 6) is 1.82. The number of ether oxygens (including phenoxy) is 2. The number of hydrogen-bond donors (Lipinski definition) is 2. The number of pyridine rings is 1. The van der Waals surface area contributed by atoms with Crippen molar-refractivity contribution in [2.75, 3.05) is 26.5 Å². The Bertz CT molecular complexity index is 1050. The van der Waals surface area contributed by atoms with Crippen LogP contribution in [0.1, 0.15) is 24.8 Å². The van der Waals surface area contributed by atoms with Gasteiger partial charge in [-0.1, -0.05) is 6.42 Å². The van der Waals surface area contributed by atoms with Gasteiger partial charge >= 0.3 is 16.4 Å². The van der Waals surface area contributed by atoms with Crippen LogP contribution in [0.2, 0.25) is 0 Å². The quantitative estimate of drug-likeness (QED) is 0.384. The maximum absolute atomic E-state index is 11.3. The number of rotatable bonds is 11. The number of fused-ring (bicyclic) bond motifs is 1. The molecule has 1 aromatic heterocycles. The maximum Gasteiger partial charge on any atom is 0.421 e. The van der Waals surface area contributed by atoms with Gasteiger partial charge in [0.05, 0.1) is 25.3 Å². The Morgan fingerprint density at radius 2 is 1.93 bits per heavy atom. The lowest BCUT2D eigenvalue weighted by Gasteiger charge is -2.12. The standard InChI is InChI=1S/C18H22N4O6S2/c1-26-15-8-13-14(9-16(15)27-2)21-11-12(10-19)17(13)29-7-5-3-4-6-22-30(24,25)28-18(20)23/h8-9,11,22H,3-7H2,1-2H3,(H2,20,23). The van der Waals surface area contributed by atoms with E-state index in [-0.39, 0.29) is 6.54 Å². The SMILES string of the molecule is COc1cc2ncc(C#N)c(SCCCCCNS(=O)(=O)OC(N)=O)c2cc1OC. The van der Waals surface area contributed by atoms with Crippen LogP contribution in [-0.4, -0.2) is 46.0 Å². The molecule has 3 N–H and O–H groups in total. The first kappa shape index (κ1) is 23.5. The molecule has 1 aromatic carbocycles. The fourth-order valence-electron chi connectivity index (χ4n) is 2.64. The van der Waals surface area contributed by atoms with Crippen molar-refractivity contribution in [3.63, 3.8) is 0 Å². The van der Waals surface area contributed by atoms with Crippen LogP contribution in [0.4, 0.5) is 4.79 Å². The smallest absolute Gasteiger partial charge is 0.421 e. The minimum atomic E-state index is -4.16. The molecule has 1 heterocycles. The first-order valence-corrected chi connectivity index (χ1v) is 11.3. The van der Waals surface area contributed by atoms with Gasteiger partial charge in [0.1, 0.15) is 6.07 Å². The molecule has 10 nitrogen and oxygen atoms in total. The molecule has 0 unspecified atom stereocenters. The van der Waals surface area contributed by atoms with Crippen molar-refractivity contribution in [1.29, 1.82) is 5.26 Å². The van der Waals surface area contributed by atoms with Gasteiger partial charge in [0.15, 0.2) is 11.5 Å². The Balaban J connectivity index is 1.97. The van der Waals surface area contributed by atoms with E-state index in [1.165, 1.54) is 18.0 Å². The number of benzene rings is 1. The van der Waals surface area contributed by atoms with Gasteiger partial charge in [-0.25, -0.2) is 4.79 Å². The third-order valence-electron chi connectivity index (χ3n) is 3.98. The van der Waals surface area contributed by atoms with Crippen LogP contribution < -0.4 is 19.9 Å². The van der Waals surface area contributed by atoms with E-state index in [2.05, 4.69) is 25.7 Å². The molecule has 1 amide bonds. The average Bonchev–Trinajstić information content (AvgIpc) is 2.70. The van der Waals surface area contributed by atoms with Crippen LogP contribution in [0.15, 0.2) is 23.2 Å². The van der Waals surface area contributed by atoms with Crippen molar-refractivity contribution in [2.45, 2.75) is 24.2 Å². The fourth-order valence-corrected chi connectivity index (χ4v) is 4.44. The zero-order valence-corrected chi connectivity index (χ0v) is 18.1. The van der Waals surface area contributed by atoms with E-state index in [4.69, 9.17) is 9.47 Å². The Labute approximate surface area is 178 Å². The second-order valence-corrected chi connectivity index (χ2v) is 8.47. The second kappa shape index (κ2) is 10.9. The lowest BCUT2D eigenvalue weighted by Crippen LogP contribution is -2.31. The summed E-state index contributed by atoms with van der Waals surface area (Å²) < 4.78 is 39.4. The van der Waals surface area contributed by atoms with Gasteiger partial charge in [0.2, 0.25) is 0 Å². The normalized spacial score (nSPS) is 11.1. The summed E-state index contributed by atoms with van der Waals surface area (Å²) in [5, 5.41) is 10.2. The molecule has 0 radical (unpaired) electrons. The summed E-state index contributed by atoms with van der Waals surface area (Å²) in [7, 11) is -1.07. The Morgan fingerprint density at radius 1 is 1.23 bits per heavy atom. The molecular weight excluding hydrogens is 432 g/mol. The number of hydrogen-bond acceptors (Lipinski definition) is 9. The molecular formula is C18H22N4O6S2. The molecule has 0 aliphatic carbocycles. The lowest BCUT2D eigenvalue weighted by molar-refractivity contribution is 0.212. The van der Waals surface area contributed by atoms with Crippen molar-refractivity contribution >= 4 is 39.1 Å². The lowest BCUT2D eigenvalue weighted by atomic mass is 10.1. The predicted octanol–water partition coefficient (Wildman–Crippen LogP) is 2.32. The third kappa shape index (κ3) is 6.38. The average molecular weight is 455 g/mol. The monoisotopic (exact) mass is 454 g/mol. The fraction of sp³-hybridized carbons (Fsp3) is 0.389. The van der Waals surface area contributed by atoms with Gasteiger partial charge in [-0.05, 0) is 24.7 Å². The Kier molecular flexibility index (Phi) is 8.52. The molecule has 12 heteroatoms. The maximum atomic E-state index is 11.3. The molecule has 30 heavy (non-hydrogen) atoms. The zero-order chi connectivity index (χ0) is 22.1. The van der Waals surface area contributed by atoms with Crippen LogP contribution in [0.5, 0.6) is 11.5 Å². The number of methoxy groups -OCH3 is 2. The third-order valence-corrected chi connectivity index (χ3v) is 6.15. The molecule has 0 spiro atoms. The highest BCUT2D eigenvalue weighted by Gasteiger charge is 2.15. The van der Waals surface area contributed by atoms with E-state index in [0.29, 0.717) is 34.8 Å². The molecule has 162 valence electrons. The van der Waals surface area contributed by atoms with Crippen molar-refractivity contribution in [2.24, 2.45) is 5.73 Å². The van der Waals surface area contributed by atoms with E-state index in [0.717, 1.165) is 23.1 Å². The van der Waals surface area contributed by atoms with Crippen molar-refractivity contribution in [1.82, 2.24) is 9.71 Å². The number of nitrogens with zero attached hydrogens (tertiary/aromatic N) is 2. The zero-order valence-electron chi connectivity index (χ0n) is 16.5. The van der Waals surface area contributed by atoms with E-state index in [1.807, 2.05) is 0 Å². The summed E-state index contributed by atoms with van der Waals surface area (Å²) in [6.45, 7) is 0.124. The van der Waals surface area contributed by atoms with Gasteiger partial charge in [-0.15, -0.1) is 11.8 Å². The van der Waals surface area contributed by atoms with Gasteiger partial charge in [0.25, 0.3) is 0 Å². The van der Waals surface area contributed by atoms with Gasteiger partial charge in [-0.3, -0.25) is 4.98 Å². The first-order chi connectivity index (χ1) is 14.3. The molecule has 0 bridgehead atoms. The molecule has 0 aliphatic rings. The number of carbonyl (C=O) groups excluding carboxylic acids is 1. The molecule has 0 aliphatic heterocycles. The summed E-state index contributed by atoms with van der Waals surface area (Å²) in [5.41, 5.74) is 5.84. The van der Waals surface area contributed by atoms with Crippen molar-refractivity contribution < 1.29 is 26.9 Å². The van der Waals surface area contributed by atoms with E-state index >= 15 is 0 Å². The molecule has 0 saturated carbocycles. The van der Waals surface area contributed by atoms with Crippen LogP contribution in [0.3, 0.4) is 0 Å². The number of aromatic nitrogens is 1. The predicted molar refractivity (Wildman–Crippen MR) is 112 cm³/mol. The number of carbonyl (C=O) groups is 1. The highest BCUT2D eigenvalue weighted by Crippen LogP contribution is 2.37. The van der Waals surface area contributed by atoms with Gasteiger partial charge in [0, 0.05) is 29.1 Å². The highest BCUT2D eigenvalue weighted by molar-refractivity contribution is 7.99. The summed E-state index contributed by atoms with van der Waals surface area (Å²) >= 11 is 1.52. The number of nitrogens with one attached hydrogen (secondary N) is 1. The summed E-state index contributed by atoms with van der Waals surface area (Å²) in [4.78, 5) is 15.6. The minimum absolute atomic E-state index is 0.124. The minimum Gasteiger partial charge on any atom is -0.493 e. The van der Waals surface area contributed by atoms with Gasteiger partial charge < -0.3 is 19.4 Å². The number of nitriles is 1. The van der Waals surface area contributed by atoms with Crippen LogP contribution in [0.25, 0.3) is 10.9 Å². The summed E-state index contributed by atoms with van der Waals surface area (Å²) in [6.07, 6.45) is 2.21. The molecule has 2 aromatic rings. The largest absolute Gasteiger partial charge is 0.493 e. The van der Waals surface area contributed by atoms with E-state index < -0.39 is 16.4 Å². The Hall–Kier alpha value is -2.75. The van der Waals surface area contributed by atoms with E-state index in [9.17, 15) is 18.5 Å². The van der Waals surface area contributed by atoms with Gasteiger partial charge in [-0.2, -0.15) is 18.4 Å². The number of unbranched alkanes of at least 4 members (excludes halogenated alkanes) is 2. The summed E-state index contributed by atoms with van der Waals surface area (Å²) in [6, 6.07) is 5.73. The molecule has 0 fully saturated rings. The number of nitrogens with two attached hydrogens (primary N) is 1. The molecule has 0 atom stereocenters. The van der Waals surface area contributed by atoms with Crippen LogP contribution in [-0.2, 0) is 14.5 Å². The van der Waals surface area contributed by atoms with Crippen LogP contribution in [0, 0.1) is 11.3 Å².